The SMILES string of the molecule is [B]c1ccc([N+](=O)[O-])c(C(=O)Nc2ccccc2)c1. The van der Waals surface area contributed by atoms with Crippen LogP contribution in [0.4, 0.5) is 11.4 Å². The summed E-state index contributed by atoms with van der Waals surface area (Å²) in [6, 6.07) is 12.6. The molecule has 0 aliphatic carbocycles. The highest BCUT2D eigenvalue weighted by molar-refractivity contribution is 6.33. The Morgan fingerprint density at radius 1 is 1.16 bits per heavy atom. The average molecular weight is 252 g/mol. The zero-order chi connectivity index (χ0) is 13.8. The summed E-state index contributed by atoms with van der Waals surface area (Å²) in [7, 11) is 5.56. The highest BCUT2D eigenvalue weighted by Crippen LogP contribution is 2.18. The van der Waals surface area contributed by atoms with Gasteiger partial charge in [0.1, 0.15) is 13.4 Å². The number of carbonyl (C=O) groups excluding carboxylic acids is 1. The van der Waals surface area contributed by atoms with Crippen molar-refractivity contribution < 1.29 is 9.72 Å². The lowest BCUT2D eigenvalue weighted by molar-refractivity contribution is -0.385. The van der Waals surface area contributed by atoms with Gasteiger partial charge in [-0.1, -0.05) is 29.7 Å². The first-order valence-corrected chi connectivity index (χ1v) is 5.48. The van der Waals surface area contributed by atoms with Crippen LogP contribution in [-0.2, 0) is 0 Å². The molecule has 1 amide bonds. The Bertz CT molecular complexity index is 629. The molecule has 0 heterocycles. The molecule has 0 fully saturated rings. The van der Waals surface area contributed by atoms with E-state index in [4.69, 9.17) is 7.85 Å². The molecule has 2 rings (SSSR count). The molecule has 0 bridgehead atoms. The lowest BCUT2D eigenvalue weighted by Crippen LogP contribution is -2.17. The molecule has 0 unspecified atom stereocenters. The van der Waals surface area contributed by atoms with Gasteiger partial charge in [0.05, 0.1) is 4.92 Å². The number of para-hydroxylation sites is 1. The molecule has 92 valence electrons. The van der Waals surface area contributed by atoms with Crippen molar-refractivity contribution in [3.63, 3.8) is 0 Å². The summed E-state index contributed by atoms with van der Waals surface area (Å²) in [5.74, 6) is -0.565. The third kappa shape index (κ3) is 2.98. The van der Waals surface area contributed by atoms with Crippen molar-refractivity contribution in [2.24, 2.45) is 0 Å². The summed E-state index contributed by atoms with van der Waals surface area (Å²) in [5.41, 5.74) is 0.518. The number of hydrogen-bond donors (Lipinski definition) is 1. The molecule has 0 aromatic heterocycles. The molecule has 0 atom stereocenters. The molecule has 2 aromatic carbocycles. The monoisotopic (exact) mass is 252 g/mol. The van der Waals surface area contributed by atoms with Gasteiger partial charge in [0.15, 0.2) is 0 Å². The molecule has 0 spiro atoms. The largest absolute Gasteiger partial charge is 0.322 e. The minimum absolute atomic E-state index is 0.0612. The topological polar surface area (TPSA) is 72.2 Å². The van der Waals surface area contributed by atoms with Gasteiger partial charge in [0.25, 0.3) is 11.6 Å². The van der Waals surface area contributed by atoms with E-state index in [-0.39, 0.29) is 11.3 Å². The van der Waals surface area contributed by atoms with Gasteiger partial charge in [-0.15, -0.1) is 0 Å². The first kappa shape index (κ1) is 12.8. The first-order valence-electron chi connectivity index (χ1n) is 5.48. The summed E-state index contributed by atoms with van der Waals surface area (Å²) >= 11 is 0. The zero-order valence-corrected chi connectivity index (χ0v) is 9.87. The van der Waals surface area contributed by atoms with E-state index in [0.717, 1.165) is 0 Å². The number of hydrogen-bond acceptors (Lipinski definition) is 3. The van der Waals surface area contributed by atoms with E-state index in [2.05, 4.69) is 5.32 Å². The van der Waals surface area contributed by atoms with Crippen LogP contribution in [0.5, 0.6) is 0 Å². The van der Waals surface area contributed by atoms with E-state index in [0.29, 0.717) is 11.2 Å². The second kappa shape index (κ2) is 5.35. The predicted molar refractivity (Wildman–Crippen MR) is 72.9 cm³/mol. The maximum atomic E-state index is 12.0. The fourth-order valence-electron chi connectivity index (χ4n) is 1.61. The minimum Gasteiger partial charge on any atom is -0.322 e. The number of carbonyl (C=O) groups is 1. The van der Waals surface area contributed by atoms with Crippen molar-refractivity contribution in [2.75, 3.05) is 5.32 Å². The van der Waals surface area contributed by atoms with Gasteiger partial charge < -0.3 is 5.32 Å². The molecule has 0 saturated heterocycles. The van der Waals surface area contributed by atoms with Crippen LogP contribution < -0.4 is 10.8 Å². The van der Waals surface area contributed by atoms with E-state index in [1.54, 1.807) is 30.3 Å². The Morgan fingerprint density at radius 3 is 2.47 bits per heavy atom. The number of nitrogens with one attached hydrogen (secondary N) is 1. The maximum absolute atomic E-state index is 12.0. The molecular weight excluding hydrogens is 243 g/mol. The molecule has 1 N–H and O–H groups in total. The Labute approximate surface area is 110 Å². The number of anilines is 1. The van der Waals surface area contributed by atoms with Gasteiger partial charge in [0.2, 0.25) is 0 Å². The molecule has 19 heavy (non-hydrogen) atoms. The average Bonchev–Trinajstić information content (AvgIpc) is 2.39. The fourth-order valence-corrected chi connectivity index (χ4v) is 1.61. The van der Waals surface area contributed by atoms with Crippen LogP contribution in [0, 0.1) is 10.1 Å². The van der Waals surface area contributed by atoms with Crippen LogP contribution in [0.3, 0.4) is 0 Å². The van der Waals surface area contributed by atoms with Crippen molar-refractivity contribution in [3.05, 3.63) is 64.2 Å². The lowest BCUT2D eigenvalue weighted by atomic mass is 9.93. The summed E-state index contributed by atoms with van der Waals surface area (Å²) in [4.78, 5) is 22.3. The fraction of sp³-hybridized carbons (Fsp3) is 0. The Morgan fingerprint density at radius 2 is 1.84 bits per heavy atom. The third-order valence-corrected chi connectivity index (χ3v) is 2.49. The van der Waals surface area contributed by atoms with Crippen LogP contribution >= 0.6 is 0 Å². The molecule has 2 radical (unpaired) electrons. The van der Waals surface area contributed by atoms with Crippen LogP contribution in [0.2, 0.25) is 0 Å². The summed E-state index contributed by atoms with van der Waals surface area (Å²) in [6.45, 7) is 0. The predicted octanol–water partition coefficient (Wildman–Crippen LogP) is 1.64. The summed E-state index contributed by atoms with van der Waals surface area (Å²) < 4.78 is 0. The molecular formula is C13H9BN2O3. The molecule has 0 aliphatic heterocycles. The minimum atomic E-state index is -0.612. The normalized spacial score (nSPS) is 9.89. The van der Waals surface area contributed by atoms with Crippen LogP contribution in [0.15, 0.2) is 48.5 Å². The number of nitro benzene ring substituents is 1. The van der Waals surface area contributed by atoms with Crippen LogP contribution in [0.1, 0.15) is 10.4 Å². The van der Waals surface area contributed by atoms with Gasteiger partial charge in [-0.05, 0) is 18.2 Å². The number of rotatable bonds is 3. The number of nitro groups is 1. The molecule has 5 nitrogen and oxygen atoms in total. The highest BCUT2D eigenvalue weighted by atomic mass is 16.6. The van der Waals surface area contributed by atoms with E-state index in [9.17, 15) is 14.9 Å². The van der Waals surface area contributed by atoms with Crippen molar-refractivity contribution in [2.45, 2.75) is 0 Å². The van der Waals surface area contributed by atoms with Crippen molar-refractivity contribution in [1.82, 2.24) is 0 Å². The zero-order valence-electron chi connectivity index (χ0n) is 9.87. The van der Waals surface area contributed by atoms with Gasteiger partial charge in [-0.2, -0.15) is 0 Å². The van der Waals surface area contributed by atoms with Crippen molar-refractivity contribution >= 4 is 30.6 Å². The third-order valence-electron chi connectivity index (χ3n) is 2.49. The Hall–Kier alpha value is -2.63. The van der Waals surface area contributed by atoms with E-state index >= 15 is 0 Å². The van der Waals surface area contributed by atoms with E-state index in [1.165, 1.54) is 18.2 Å². The molecule has 2 aromatic rings. The van der Waals surface area contributed by atoms with Crippen molar-refractivity contribution in [1.29, 1.82) is 0 Å². The van der Waals surface area contributed by atoms with E-state index in [1.807, 2.05) is 0 Å². The smallest absolute Gasteiger partial charge is 0.282 e. The second-order valence-corrected chi connectivity index (χ2v) is 3.85. The molecule has 0 aliphatic rings. The van der Waals surface area contributed by atoms with Crippen molar-refractivity contribution in [3.8, 4) is 0 Å². The Kier molecular flexibility index (Phi) is 3.61. The summed E-state index contributed by atoms with van der Waals surface area (Å²) in [6.07, 6.45) is 0. The standard InChI is InChI=1S/C13H9BN2O3/c14-9-6-7-12(16(18)19)11(8-9)13(17)15-10-4-2-1-3-5-10/h1-8H,(H,15,17). The maximum Gasteiger partial charge on any atom is 0.282 e. The number of benzene rings is 2. The van der Waals surface area contributed by atoms with Gasteiger partial charge in [-0.25, -0.2) is 0 Å². The first-order chi connectivity index (χ1) is 9.08. The van der Waals surface area contributed by atoms with Crippen LogP contribution in [0.25, 0.3) is 0 Å². The molecule has 6 heteroatoms. The quantitative estimate of drug-likeness (QED) is 0.512. The summed E-state index contributed by atoms with van der Waals surface area (Å²) in [5, 5.41) is 13.5. The number of nitrogens with zero attached hydrogens (tertiary/aromatic N) is 1. The van der Waals surface area contributed by atoms with Gasteiger partial charge in [0, 0.05) is 11.8 Å². The Balaban J connectivity index is 2.33. The number of amides is 1. The van der Waals surface area contributed by atoms with Gasteiger partial charge in [-0.3, -0.25) is 14.9 Å². The van der Waals surface area contributed by atoms with Crippen LogP contribution in [-0.4, -0.2) is 18.7 Å². The van der Waals surface area contributed by atoms with Gasteiger partial charge >= 0.3 is 0 Å². The lowest BCUT2D eigenvalue weighted by Gasteiger charge is -2.06. The highest BCUT2D eigenvalue weighted by Gasteiger charge is 2.19. The second-order valence-electron chi connectivity index (χ2n) is 3.85. The molecule has 0 saturated carbocycles. The van der Waals surface area contributed by atoms with E-state index < -0.39 is 10.8 Å².